The summed E-state index contributed by atoms with van der Waals surface area (Å²) in [5.74, 6) is -0.00239. The zero-order valence-corrected chi connectivity index (χ0v) is 15.4. The molecule has 0 spiro atoms. The Balaban J connectivity index is 1.50. The second-order valence-corrected chi connectivity index (χ2v) is 6.88. The van der Waals surface area contributed by atoms with Gasteiger partial charge in [0.1, 0.15) is 5.69 Å². The smallest absolute Gasteiger partial charge is 0.272 e. The van der Waals surface area contributed by atoms with E-state index >= 15 is 0 Å². The van der Waals surface area contributed by atoms with Gasteiger partial charge in [0.05, 0.1) is 6.20 Å². The van der Waals surface area contributed by atoms with E-state index in [0.717, 1.165) is 18.8 Å². The van der Waals surface area contributed by atoms with Crippen LogP contribution in [0.5, 0.6) is 0 Å². The number of hydrogen-bond donors (Lipinski definition) is 0. The Kier molecular flexibility index (Phi) is 4.11. The molecule has 0 atom stereocenters. The van der Waals surface area contributed by atoms with Crippen molar-refractivity contribution >= 4 is 17.2 Å². The summed E-state index contributed by atoms with van der Waals surface area (Å²) in [7, 11) is 0. The van der Waals surface area contributed by atoms with Crippen LogP contribution in [0.4, 0.5) is 5.69 Å². The van der Waals surface area contributed by atoms with Crippen molar-refractivity contribution < 1.29 is 4.79 Å². The number of fused-ring (bicyclic) bond motifs is 1. The van der Waals surface area contributed by atoms with E-state index in [2.05, 4.69) is 47.0 Å². The second kappa shape index (κ2) is 6.44. The topological polar surface area (TPSA) is 53.7 Å². The standard InChI is InChI=1S/C20H23N5O/c1-14-5-4-6-18(16(14)3)23-9-11-24(12-10-23)20(26)17-13-15(2)25-19(22-17)7-8-21-25/h4-8,13H,9-12H2,1-3H3. The van der Waals surface area contributed by atoms with Gasteiger partial charge in [0, 0.05) is 43.6 Å². The SMILES string of the molecule is Cc1cccc(N2CCN(C(=O)c3cc(C)n4nccc4n3)CC2)c1C. The first-order valence-corrected chi connectivity index (χ1v) is 8.96. The summed E-state index contributed by atoms with van der Waals surface area (Å²) in [6.45, 7) is 9.33. The summed E-state index contributed by atoms with van der Waals surface area (Å²) >= 11 is 0. The molecule has 1 saturated heterocycles. The fraction of sp³-hybridized carbons (Fsp3) is 0.350. The summed E-state index contributed by atoms with van der Waals surface area (Å²) in [5, 5.41) is 4.21. The molecular formula is C20H23N5O. The van der Waals surface area contributed by atoms with Gasteiger partial charge in [-0.25, -0.2) is 9.50 Å². The Morgan fingerprint density at radius 2 is 1.81 bits per heavy atom. The Morgan fingerprint density at radius 1 is 1.04 bits per heavy atom. The van der Waals surface area contributed by atoms with Gasteiger partial charge < -0.3 is 9.80 Å². The van der Waals surface area contributed by atoms with Crippen molar-refractivity contribution in [2.24, 2.45) is 0 Å². The maximum atomic E-state index is 12.9. The minimum Gasteiger partial charge on any atom is -0.368 e. The fourth-order valence-electron chi connectivity index (χ4n) is 3.57. The predicted octanol–water partition coefficient (Wildman–Crippen LogP) is 2.62. The normalized spacial score (nSPS) is 14.9. The largest absolute Gasteiger partial charge is 0.368 e. The van der Waals surface area contributed by atoms with Crippen molar-refractivity contribution in [3.05, 3.63) is 59.0 Å². The van der Waals surface area contributed by atoms with E-state index in [9.17, 15) is 4.79 Å². The Hall–Kier alpha value is -2.89. The molecule has 0 bridgehead atoms. The molecule has 0 aliphatic carbocycles. The van der Waals surface area contributed by atoms with Crippen LogP contribution in [0, 0.1) is 20.8 Å². The van der Waals surface area contributed by atoms with E-state index in [1.807, 2.05) is 24.0 Å². The van der Waals surface area contributed by atoms with Crippen LogP contribution in [0.25, 0.3) is 5.65 Å². The fourth-order valence-corrected chi connectivity index (χ4v) is 3.57. The first-order valence-electron chi connectivity index (χ1n) is 8.96. The molecule has 2 aromatic heterocycles. The molecule has 1 aliphatic heterocycles. The Labute approximate surface area is 153 Å². The quantitative estimate of drug-likeness (QED) is 0.714. The van der Waals surface area contributed by atoms with Crippen molar-refractivity contribution in [1.29, 1.82) is 0 Å². The second-order valence-electron chi connectivity index (χ2n) is 6.88. The third-order valence-corrected chi connectivity index (χ3v) is 5.24. The highest BCUT2D eigenvalue weighted by atomic mass is 16.2. The van der Waals surface area contributed by atoms with Gasteiger partial charge in [-0.15, -0.1) is 0 Å². The molecule has 6 nitrogen and oxygen atoms in total. The molecule has 26 heavy (non-hydrogen) atoms. The predicted molar refractivity (Wildman–Crippen MR) is 102 cm³/mol. The number of anilines is 1. The van der Waals surface area contributed by atoms with Crippen molar-refractivity contribution in [2.45, 2.75) is 20.8 Å². The maximum Gasteiger partial charge on any atom is 0.272 e. The number of aromatic nitrogens is 3. The summed E-state index contributed by atoms with van der Waals surface area (Å²) in [4.78, 5) is 21.6. The highest BCUT2D eigenvalue weighted by Gasteiger charge is 2.24. The van der Waals surface area contributed by atoms with Gasteiger partial charge in [0.15, 0.2) is 5.65 Å². The first-order chi connectivity index (χ1) is 12.5. The number of nitrogens with zero attached hydrogens (tertiary/aromatic N) is 5. The molecule has 1 fully saturated rings. The molecule has 134 valence electrons. The van der Waals surface area contributed by atoms with E-state index < -0.39 is 0 Å². The third kappa shape index (κ3) is 2.81. The lowest BCUT2D eigenvalue weighted by Crippen LogP contribution is -2.49. The minimum absolute atomic E-state index is 0.00239. The summed E-state index contributed by atoms with van der Waals surface area (Å²) in [6, 6.07) is 10.0. The number of aryl methyl sites for hydroxylation is 2. The van der Waals surface area contributed by atoms with Crippen LogP contribution in [-0.4, -0.2) is 51.6 Å². The minimum atomic E-state index is -0.00239. The van der Waals surface area contributed by atoms with Crippen LogP contribution in [0.2, 0.25) is 0 Å². The lowest BCUT2D eigenvalue weighted by atomic mass is 10.1. The number of carbonyl (C=O) groups is 1. The highest BCUT2D eigenvalue weighted by molar-refractivity contribution is 5.93. The van der Waals surface area contributed by atoms with Gasteiger partial charge in [0.25, 0.3) is 5.91 Å². The Bertz CT molecular complexity index is 969. The van der Waals surface area contributed by atoms with Crippen LogP contribution in [0.1, 0.15) is 27.3 Å². The molecule has 0 radical (unpaired) electrons. The third-order valence-electron chi connectivity index (χ3n) is 5.24. The molecule has 1 aromatic carbocycles. The number of hydrogen-bond acceptors (Lipinski definition) is 4. The van der Waals surface area contributed by atoms with Crippen LogP contribution in [-0.2, 0) is 0 Å². The van der Waals surface area contributed by atoms with E-state index in [-0.39, 0.29) is 5.91 Å². The number of carbonyl (C=O) groups excluding carboxylic acids is 1. The van der Waals surface area contributed by atoms with E-state index in [0.29, 0.717) is 24.4 Å². The van der Waals surface area contributed by atoms with Gasteiger partial charge in [-0.3, -0.25) is 4.79 Å². The summed E-state index contributed by atoms with van der Waals surface area (Å²) in [5.41, 5.74) is 6.01. The molecule has 3 heterocycles. The number of rotatable bonds is 2. The number of piperazine rings is 1. The first kappa shape index (κ1) is 16.6. The van der Waals surface area contributed by atoms with Crippen LogP contribution in [0.3, 0.4) is 0 Å². The van der Waals surface area contributed by atoms with E-state index in [1.165, 1.54) is 16.8 Å². The number of benzene rings is 1. The van der Waals surface area contributed by atoms with Crippen LogP contribution in [0.15, 0.2) is 36.5 Å². The van der Waals surface area contributed by atoms with Gasteiger partial charge in [-0.1, -0.05) is 12.1 Å². The van der Waals surface area contributed by atoms with Gasteiger partial charge in [-0.2, -0.15) is 5.10 Å². The van der Waals surface area contributed by atoms with E-state index in [1.54, 1.807) is 10.7 Å². The highest BCUT2D eigenvalue weighted by Crippen LogP contribution is 2.24. The molecule has 4 rings (SSSR count). The summed E-state index contributed by atoms with van der Waals surface area (Å²) < 4.78 is 1.75. The monoisotopic (exact) mass is 349 g/mol. The van der Waals surface area contributed by atoms with Crippen molar-refractivity contribution in [1.82, 2.24) is 19.5 Å². The van der Waals surface area contributed by atoms with Gasteiger partial charge in [-0.05, 0) is 44.0 Å². The van der Waals surface area contributed by atoms with E-state index in [4.69, 9.17) is 0 Å². The van der Waals surface area contributed by atoms with Crippen molar-refractivity contribution in [3.63, 3.8) is 0 Å². The lowest BCUT2D eigenvalue weighted by Gasteiger charge is -2.37. The van der Waals surface area contributed by atoms with Crippen molar-refractivity contribution in [2.75, 3.05) is 31.1 Å². The average molecular weight is 349 g/mol. The molecule has 3 aromatic rings. The average Bonchev–Trinajstić information content (AvgIpc) is 3.13. The Morgan fingerprint density at radius 3 is 2.58 bits per heavy atom. The lowest BCUT2D eigenvalue weighted by molar-refractivity contribution is 0.0741. The number of amides is 1. The van der Waals surface area contributed by atoms with Gasteiger partial charge in [0.2, 0.25) is 0 Å². The van der Waals surface area contributed by atoms with Gasteiger partial charge >= 0.3 is 0 Å². The molecule has 0 saturated carbocycles. The zero-order chi connectivity index (χ0) is 18.3. The molecule has 6 heteroatoms. The molecule has 1 aliphatic rings. The molecule has 0 N–H and O–H groups in total. The zero-order valence-electron chi connectivity index (χ0n) is 15.4. The van der Waals surface area contributed by atoms with Crippen LogP contribution < -0.4 is 4.90 Å². The molecule has 1 amide bonds. The molecular weight excluding hydrogens is 326 g/mol. The molecule has 0 unspecified atom stereocenters. The van der Waals surface area contributed by atoms with Crippen molar-refractivity contribution in [3.8, 4) is 0 Å². The summed E-state index contributed by atoms with van der Waals surface area (Å²) in [6.07, 6.45) is 1.70. The maximum absolute atomic E-state index is 12.9. The van der Waals surface area contributed by atoms with Crippen LogP contribution >= 0.6 is 0 Å².